The summed E-state index contributed by atoms with van der Waals surface area (Å²) in [6.45, 7) is 7.53. The third-order valence-corrected chi connectivity index (χ3v) is 4.06. The molecule has 1 saturated heterocycles. The highest BCUT2D eigenvalue weighted by Crippen LogP contribution is 2.17. The first-order valence-electron chi connectivity index (χ1n) is 7.91. The Kier molecular flexibility index (Phi) is 5.81. The molecule has 2 rings (SSSR count). The molecular weight excluding hydrogens is 278 g/mol. The van der Waals surface area contributed by atoms with E-state index in [2.05, 4.69) is 43.4 Å². The normalized spacial score (nSPS) is 15.0. The molecule has 1 heterocycles. The molecule has 0 radical (unpaired) electrons. The third kappa shape index (κ3) is 4.48. The predicted molar refractivity (Wildman–Crippen MR) is 87.9 cm³/mol. The standard InChI is InChI=1S/C17H25N3O2/c1-14(2)15-3-5-16(6-4-15)18-8-7-17(22)20-11-9-19(13-21)10-12-20/h3-6,13-14,18H,7-12H2,1-2H3. The van der Waals surface area contributed by atoms with Gasteiger partial charge in [-0.1, -0.05) is 26.0 Å². The van der Waals surface area contributed by atoms with Crippen LogP contribution in [-0.4, -0.2) is 54.8 Å². The van der Waals surface area contributed by atoms with E-state index in [1.807, 2.05) is 4.90 Å². The van der Waals surface area contributed by atoms with Gasteiger partial charge in [-0.25, -0.2) is 0 Å². The Morgan fingerprint density at radius 2 is 1.82 bits per heavy atom. The van der Waals surface area contributed by atoms with Crippen LogP contribution in [0.25, 0.3) is 0 Å². The van der Waals surface area contributed by atoms with Gasteiger partial charge in [0, 0.05) is 44.8 Å². The molecule has 1 fully saturated rings. The van der Waals surface area contributed by atoms with Gasteiger partial charge < -0.3 is 15.1 Å². The summed E-state index contributed by atoms with van der Waals surface area (Å²) in [5.74, 6) is 0.678. The fourth-order valence-electron chi connectivity index (χ4n) is 2.53. The van der Waals surface area contributed by atoms with Crippen LogP contribution in [-0.2, 0) is 9.59 Å². The number of anilines is 1. The average Bonchev–Trinajstić information content (AvgIpc) is 2.55. The first-order valence-corrected chi connectivity index (χ1v) is 7.91. The summed E-state index contributed by atoms with van der Waals surface area (Å²) in [6.07, 6.45) is 1.33. The second-order valence-electron chi connectivity index (χ2n) is 5.98. The quantitative estimate of drug-likeness (QED) is 0.817. The lowest BCUT2D eigenvalue weighted by molar-refractivity contribution is -0.134. The van der Waals surface area contributed by atoms with Gasteiger partial charge in [-0.05, 0) is 23.6 Å². The van der Waals surface area contributed by atoms with Crippen molar-refractivity contribution in [3.8, 4) is 0 Å². The van der Waals surface area contributed by atoms with E-state index >= 15 is 0 Å². The molecule has 1 N–H and O–H groups in total. The zero-order valence-corrected chi connectivity index (χ0v) is 13.4. The van der Waals surface area contributed by atoms with E-state index in [0.717, 1.165) is 12.1 Å². The molecule has 0 unspecified atom stereocenters. The molecule has 5 heteroatoms. The smallest absolute Gasteiger partial charge is 0.224 e. The maximum atomic E-state index is 12.1. The van der Waals surface area contributed by atoms with Crippen LogP contribution in [0.2, 0.25) is 0 Å². The van der Waals surface area contributed by atoms with Crippen LogP contribution in [0.3, 0.4) is 0 Å². The number of hydrogen-bond donors (Lipinski definition) is 1. The molecule has 1 aliphatic rings. The minimum absolute atomic E-state index is 0.150. The number of rotatable bonds is 6. The minimum Gasteiger partial charge on any atom is -0.385 e. The monoisotopic (exact) mass is 303 g/mol. The molecule has 0 saturated carbocycles. The van der Waals surface area contributed by atoms with Crippen molar-refractivity contribution >= 4 is 18.0 Å². The predicted octanol–water partition coefficient (Wildman–Crippen LogP) is 1.91. The number of benzene rings is 1. The number of carbonyl (C=O) groups excluding carboxylic acids is 2. The summed E-state index contributed by atoms with van der Waals surface area (Å²) in [5, 5.41) is 3.29. The van der Waals surface area contributed by atoms with Gasteiger partial charge in [0.1, 0.15) is 0 Å². The van der Waals surface area contributed by atoms with Gasteiger partial charge in [-0.3, -0.25) is 9.59 Å². The largest absolute Gasteiger partial charge is 0.385 e. The topological polar surface area (TPSA) is 52.7 Å². The SMILES string of the molecule is CC(C)c1ccc(NCCC(=O)N2CCN(C=O)CC2)cc1. The average molecular weight is 303 g/mol. The van der Waals surface area contributed by atoms with E-state index < -0.39 is 0 Å². The van der Waals surface area contributed by atoms with Crippen LogP contribution < -0.4 is 5.32 Å². The van der Waals surface area contributed by atoms with Crippen molar-refractivity contribution in [3.05, 3.63) is 29.8 Å². The van der Waals surface area contributed by atoms with E-state index in [9.17, 15) is 9.59 Å². The van der Waals surface area contributed by atoms with Gasteiger partial charge in [0.2, 0.25) is 12.3 Å². The highest BCUT2D eigenvalue weighted by molar-refractivity contribution is 5.77. The molecule has 1 aliphatic heterocycles. The van der Waals surface area contributed by atoms with Crippen molar-refractivity contribution in [2.75, 3.05) is 38.0 Å². The summed E-state index contributed by atoms with van der Waals surface area (Å²) < 4.78 is 0. The summed E-state index contributed by atoms with van der Waals surface area (Å²) in [6, 6.07) is 8.35. The maximum absolute atomic E-state index is 12.1. The highest BCUT2D eigenvalue weighted by Gasteiger charge is 2.19. The maximum Gasteiger partial charge on any atom is 0.224 e. The minimum atomic E-state index is 0.150. The molecule has 5 nitrogen and oxygen atoms in total. The molecule has 0 bridgehead atoms. The van der Waals surface area contributed by atoms with Gasteiger partial charge in [0.05, 0.1) is 0 Å². The second kappa shape index (κ2) is 7.82. The van der Waals surface area contributed by atoms with E-state index in [-0.39, 0.29) is 5.91 Å². The zero-order chi connectivity index (χ0) is 15.9. The van der Waals surface area contributed by atoms with E-state index in [0.29, 0.717) is 45.1 Å². The number of amides is 2. The fraction of sp³-hybridized carbons (Fsp3) is 0.529. The van der Waals surface area contributed by atoms with Crippen molar-refractivity contribution < 1.29 is 9.59 Å². The molecule has 0 atom stereocenters. The lowest BCUT2D eigenvalue weighted by Crippen LogP contribution is -2.48. The number of carbonyl (C=O) groups is 2. The number of hydrogen-bond acceptors (Lipinski definition) is 3. The molecule has 2 amide bonds. The van der Waals surface area contributed by atoms with Crippen LogP contribution in [0, 0.1) is 0 Å². The number of nitrogens with one attached hydrogen (secondary N) is 1. The van der Waals surface area contributed by atoms with Gasteiger partial charge in [0.15, 0.2) is 0 Å². The van der Waals surface area contributed by atoms with Crippen LogP contribution in [0.5, 0.6) is 0 Å². The Labute approximate surface area is 132 Å². The number of nitrogens with zero attached hydrogens (tertiary/aromatic N) is 2. The van der Waals surface area contributed by atoms with Crippen molar-refractivity contribution in [1.82, 2.24) is 9.80 Å². The first kappa shape index (κ1) is 16.3. The van der Waals surface area contributed by atoms with Gasteiger partial charge in [-0.2, -0.15) is 0 Å². The number of piperazine rings is 1. The van der Waals surface area contributed by atoms with Crippen molar-refractivity contribution in [2.24, 2.45) is 0 Å². The molecule has 0 spiro atoms. The molecule has 1 aromatic rings. The van der Waals surface area contributed by atoms with E-state index in [4.69, 9.17) is 0 Å². The van der Waals surface area contributed by atoms with Gasteiger partial charge in [0.25, 0.3) is 0 Å². The molecule has 120 valence electrons. The molecular formula is C17H25N3O2. The third-order valence-electron chi connectivity index (χ3n) is 4.06. The summed E-state index contributed by atoms with van der Waals surface area (Å²) in [5.41, 5.74) is 2.36. The molecule has 0 aliphatic carbocycles. The Bertz CT molecular complexity index is 491. The lowest BCUT2D eigenvalue weighted by atomic mass is 10.0. The van der Waals surface area contributed by atoms with E-state index in [1.165, 1.54) is 5.56 Å². The Hall–Kier alpha value is -2.04. The van der Waals surface area contributed by atoms with Crippen LogP contribution in [0.15, 0.2) is 24.3 Å². The Morgan fingerprint density at radius 3 is 2.36 bits per heavy atom. The van der Waals surface area contributed by atoms with Crippen LogP contribution in [0.1, 0.15) is 31.7 Å². The Morgan fingerprint density at radius 1 is 1.18 bits per heavy atom. The molecule has 0 aromatic heterocycles. The summed E-state index contributed by atoms with van der Waals surface area (Å²) in [7, 11) is 0. The lowest BCUT2D eigenvalue weighted by Gasteiger charge is -2.32. The second-order valence-corrected chi connectivity index (χ2v) is 5.98. The van der Waals surface area contributed by atoms with Crippen molar-refractivity contribution in [3.63, 3.8) is 0 Å². The summed E-state index contributed by atoms with van der Waals surface area (Å²) in [4.78, 5) is 26.3. The van der Waals surface area contributed by atoms with Gasteiger partial charge in [-0.15, -0.1) is 0 Å². The Balaban J connectivity index is 1.72. The first-order chi connectivity index (χ1) is 10.6. The van der Waals surface area contributed by atoms with E-state index in [1.54, 1.807) is 4.90 Å². The van der Waals surface area contributed by atoms with Crippen molar-refractivity contribution in [1.29, 1.82) is 0 Å². The van der Waals surface area contributed by atoms with Crippen LogP contribution in [0.4, 0.5) is 5.69 Å². The summed E-state index contributed by atoms with van der Waals surface area (Å²) >= 11 is 0. The highest BCUT2D eigenvalue weighted by atomic mass is 16.2. The zero-order valence-electron chi connectivity index (χ0n) is 13.4. The van der Waals surface area contributed by atoms with Gasteiger partial charge >= 0.3 is 0 Å². The van der Waals surface area contributed by atoms with Crippen molar-refractivity contribution in [2.45, 2.75) is 26.2 Å². The fourth-order valence-corrected chi connectivity index (χ4v) is 2.53. The molecule has 22 heavy (non-hydrogen) atoms. The van der Waals surface area contributed by atoms with Crippen LogP contribution >= 0.6 is 0 Å². The molecule has 1 aromatic carbocycles.